The molecular formula is C23H30FN7O3. The van der Waals surface area contributed by atoms with E-state index >= 15 is 4.39 Å². The molecule has 0 bridgehead atoms. The number of rotatable bonds is 5. The molecule has 1 aromatic heterocycles. The first kappa shape index (κ1) is 24.9. The van der Waals surface area contributed by atoms with Crippen LogP contribution in [0.3, 0.4) is 0 Å². The summed E-state index contributed by atoms with van der Waals surface area (Å²) in [5, 5.41) is 7.74. The van der Waals surface area contributed by atoms with Gasteiger partial charge in [-0.3, -0.25) is 14.7 Å². The summed E-state index contributed by atoms with van der Waals surface area (Å²) in [6.07, 6.45) is 1.52. The van der Waals surface area contributed by atoms with E-state index in [1.807, 2.05) is 11.8 Å². The number of hydrogen-bond acceptors (Lipinski definition) is 5. The van der Waals surface area contributed by atoms with Gasteiger partial charge in [0.05, 0.1) is 17.6 Å². The van der Waals surface area contributed by atoms with Crippen molar-refractivity contribution in [1.29, 1.82) is 0 Å². The van der Waals surface area contributed by atoms with E-state index in [1.54, 1.807) is 38.4 Å². The predicted octanol–water partition coefficient (Wildman–Crippen LogP) is 2.09. The Balaban J connectivity index is 1.68. The molecule has 0 aliphatic carbocycles. The molecule has 1 fully saturated rings. The Morgan fingerprint density at radius 1 is 1.15 bits per heavy atom. The number of anilines is 2. The molecule has 1 aliphatic rings. The van der Waals surface area contributed by atoms with Crippen molar-refractivity contribution < 1.29 is 18.8 Å². The molecule has 0 spiro atoms. The summed E-state index contributed by atoms with van der Waals surface area (Å²) in [4.78, 5) is 46.2. The molecule has 0 radical (unpaired) electrons. The summed E-state index contributed by atoms with van der Waals surface area (Å²) in [5.74, 6) is -0.832. The Morgan fingerprint density at radius 2 is 1.91 bits per heavy atom. The zero-order valence-corrected chi connectivity index (χ0v) is 19.8. The van der Waals surface area contributed by atoms with Gasteiger partial charge in [-0.15, -0.1) is 0 Å². The third-order valence-electron chi connectivity index (χ3n) is 5.53. The zero-order valence-electron chi connectivity index (χ0n) is 19.8. The lowest BCUT2D eigenvalue weighted by Gasteiger charge is -2.41. The highest BCUT2D eigenvalue weighted by Crippen LogP contribution is 2.22. The SMILES string of the molecule is CNC(=O)[C@@H]1CN(Cc2cccc(NC(=O)Nc3ccc(C)nc3)c2F)CCN1C(=O)N(C)C. The van der Waals surface area contributed by atoms with Crippen LogP contribution in [0.5, 0.6) is 0 Å². The maximum absolute atomic E-state index is 15.2. The molecule has 11 heteroatoms. The molecule has 5 amide bonds. The van der Waals surface area contributed by atoms with Crippen LogP contribution in [-0.2, 0) is 11.3 Å². The number of carbonyl (C=O) groups excluding carboxylic acids is 3. The second-order valence-corrected chi connectivity index (χ2v) is 8.28. The average Bonchev–Trinajstić information content (AvgIpc) is 2.82. The first-order valence-electron chi connectivity index (χ1n) is 10.9. The van der Waals surface area contributed by atoms with E-state index in [0.29, 0.717) is 24.3 Å². The number of nitrogens with zero attached hydrogens (tertiary/aromatic N) is 4. The van der Waals surface area contributed by atoms with Gasteiger partial charge in [0.25, 0.3) is 0 Å². The van der Waals surface area contributed by atoms with Gasteiger partial charge in [-0.25, -0.2) is 14.0 Å². The molecule has 1 atom stereocenters. The van der Waals surface area contributed by atoms with Crippen molar-refractivity contribution in [3.05, 3.63) is 53.6 Å². The van der Waals surface area contributed by atoms with E-state index in [0.717, 1.165) is 5.69 Å². The first-order valence-corrected chi connectivity index (χ1v) is 10.9. The Labute approximate surface area is 198 Å². The van der Waals surface area contributed by atoms with E-state index in [-0.39, 0.29) is 30.7 Å². The van der Waals surface area contributed by atoms with Crippen LogP contribution >= 0.6 is 0 Å². The van der Waals surface area contributed by atoms with Crippen LogP contribution in [0.4, 0.5) is 25.4 Å². The van der Waals surface area contributed by atoms with Crippen molar-refractivity contribution in [3.8, 4) is 0 Å². The van der Waals surface area contributed by atoms with E-state index in [2.05, 4.69) is 20.9 Å². The van der Waals surface area contributed by atoms with Crippen LogP contribution in [0.1, 0.15) is 11.3 Å². The van der Waals surface area contributed by atoms with Crippen LogP contribution < -0.4 is 16.0 Å². The highest BCUT2D eigenvalue weighted by Gasteiger charge is 2.35. The van der Waals surface area contributed by atoms with Crippen molar-refractivity contribution in [3.63, 3.8) is 0 Å². The largest absolute Gasteiger partial charge is 0.357 e. The lowest BCUT2D eigenvalue weighted by Crippen LogP contribution is -2.61. The first-order chi connectivity index (χ1) is 16.2. The number of nitrogens with one attached hydrogen (secondary N) is 3. The number of aryl methyl sites for hydroxylation is 1. The normalized spacial score (nSPS) is 16.0. The van der Waals surface area contributed by atoms with Gasteiger partial charge in [0.1, 0.15) is 6.04 Å². The molecule has 182 valence electrons. The number of likely N-dealkylation sites (N-methyl/N-ethyl adjacent to an activating group) is 1. The van der Waals surface area contributed by atoms with Crippen molar-refractivity contribution in [1.82, 2.24) is 25.0 Å². The van der Waals surface area contributed by atoms with E-state index < -0.39 is 17.9 Å². The van der Waals surface area contributed by atoms with Gasteiger partial charge in [-0.05, 0) is 25.1 Å². The quantitative estimate of drug-likeness (QED) is 0.619. The fourth-order valence-corrected chi connectivity index (χ4v) is 3.73. The number of hydrogen-bond donors (Lipinski definition) is 3. The van der Waals surface area contributed by atoms with Gasteiger partial charge >= 0.3 is 12.1 Å². The summed E-state index contributed by atoms with van der Waals surface area (Å²) in [6, 6.07) is 6.71. The fourth-order valence-electron chi connectivity index (χ4n) is 3.73. The van der Waals surface area contributed by atoms with Gasteiger partial charge in [0.2, 0.25) is 5.91 Å². The van der Waals surface area contributed by atoms with Crippen molar-refractivity contribution in [2.75, 3.05) is 51.4 Å². The van der Waals surface area contributed by atoms with Gasteiger partial charge in [0, 0.05) is 58.6 Å². The molecule has 3 rings (SSSR count). The zero-order chi connectivity index (χ0) is 24.8. The number of urea groups is 2. The fraction of sp³-hybridized carbons (Fsp3) is 0.391. The van der Waals surface area contributed by atoms with Crippen LogP contribution in [0.15, 0.2) is 36.5 Å². The van der Waals surface area contributed by atoms with E-state index in [4.69, 9.17) is 0 Å². The molecule has 34 heavy (non-hydrogen) atoms. The Hall–Kier alpha value is -3.73. The summed E-state index contributed by atoms with van der Waals surface area (Å²) in [7, 11) is 4.79. The number of carbonyl (C=O) groups is 3. The maximum Gasteiger partial charge on any atom is 0.323 e. The molecule has 1 saturated heterocycles. The number of amides is 5. The van der Waals surface area contributed by atoms with Gasteiger partial charge < -0.3 is 25.8 Å². The smallest absolute Gasteiger partial charge is 0.323 e. The molecule has 10 nitrogen and oxygen atoms in total. The Morgan fingerprint density at radius 3 is 2.56 bits per heavy atom. The molecule has 0 unspecified atom stereocenters. The van der Waals surface area contributed by atoms with Gasteiger partial charge in [-0.2, -0.15) is 0 Å². The Kier molecular flexibility index (Phi) is 8.00. The summed E-state index contributed by atoms with van der Waals surface area (Å²) >= 11 is 0. The molecule has 1 aliphatic heterocycles. The molecule has 2 aromatic rings. The van der Waals surface area contributed by atoms with E-state index in [9.17, 15) is 14.4 Å². The summed E-state index contributed by atoms with van der Waals surface area (Å²) in [6.45, 7) is 3.13. The molecule has 0 saturated carbocycles. The minimum absolute atomic E-state index is 0.0411. The van der Waals surface area contributed by atoms with Crippen molar-refractivity contribution in [2.45, 2.75) is 19.5 Å². The third kappa shape index (κ3) is 5.98. The third-order valence-corrected chi connectivity index (χ3v) is 5.53. The summed E-state index contributed by atoms with van der Waals surface area (Å²) in [5.41, 5.74) is 1.72. The Bertz CT molecular complexity index is 1050. The molecule has 3 N–H and O–H groups in total. The standard InChI is InChI=1S/C23H30FN7O3/c1-15-8-9-17(12-26-15)27-22(33)28-18-7-5-6-16(20(18)24)13-30-10-11-31(23(34)29(3)4)19(14-30)21(32)25-2/h5-9,12,19H,10-11,13-14H2,1-4H3,(H,25,32)(H2,27,28,33)/t19-/m0/s1. The van der Waals surface area contributed by atoms with Crippen LogP contribution in [0.2, 0.25) is 0 Å². The number of benzene rings is 1. The second-order valence-electron chi connectivity index (χ2n) is 8.28. The van der Waals surface area contributed by atoms with E-state index in [1.165, 1.54) is 29.1 Å². The highest BCUT2D eigenvalue weighted by atomic mass is 19.1. The molecule has 1 aromatic carbocycles. The number of halogens is 1. The van der Waals surface area contributed by atoms with Crippen LogP contribution in [-0.4, -0.2) is 84.5 Å². The molecule has 2 heterocycles. The second kappa shape index (κ2) is 10.9. The predicted molar refractivity (Wildman–Crippen MR) is 127 cm³/mol. The van der Waals surface area contributed by atoms with Crippen molar-refractivity contribution >= 4 is 29.3 Å². The minimum Gasteiger partial charge on any atom is -0.357 e. The molecular weight excluding hydrogens is 441 g/mol. The topological polar surface area (TPSA) is 110 Å². The van der Waals surface area contributed by atoms with Crippen molar-refractivity contribution in [2.24, 2.45) is 0 Å². The highest BCUT2D eigenvalue weighted by molar-refractivity contribution is 5.99. The maximum atomic E-state index is 15.2. The number of aromatic nitrogens is 1. The van der Waals surface area contributed by atoms with Crippen LogP contribution in [0, 0.1) is 12.7 Å². The summed E-state index contributed by atoms with van der Waals surface area (Å²) < 4.78 is 15.2. The number of pyridine rings is 1. The van der Waals surface area contributed by atoms with Crippen LogP contribution in [0.25, 0.3) is 0 Å². The monoisotopic (exact) mass is 471 g/mol. The lowest BCUT2D eigenvalue weighted by atomic mass is 10.1. The lowest BCUT2D eigenvalue weighted by molar-refractivity contribution is -0.127. The van der Waals surface area contributed by atoms with Gasteiger partial charge in [-0.1, -0.05) is 12.1 Å². The average molecular weight is 472 g/mol. The van der Waals surface area contributed by atoms with Gasteiger partial charge in [0.15, 0.2) is 5.82 Å². The minimum atomic E-state index is -0.688. The number of piperazine rings is 1.